The van der Waals surface area contributed by atoms with E-state index in [1.54, 1.807) is 12.1 Å². The molecule has 3 amide bonds. The first-order valence-corrected chi connectivity index (χ1v) is 11.9. The molecule has 170 valence electrons. The summed E-state index contributed by atoms with van der Waals surface area (Å²) >= 11 is 0. The molecule has 0 aromatic heterocycles. The van der Waals surface area contributed by atoms with Crippen LogP contribution in [0.5, 0.6) is 0 Å². The maximum atomic E-state index is 14.1. The number of nitrogens with zero attached hydrogens (tertiary/aromatic N) is 2. The highest BCUT2D eigenvalue weighted by Crippen LogP contribution is 2.29. The lowest BCUT2D eigenvalue weighted by molar-refractivity contribution is -0.134. The van der Waals surface area contributed by atoms with Crippen LogP contribution < -0.4 is 10.6 Å². The normalized spacial score (nSPS) is 20.9. The predicted molar refractivity (Wildman–Crippen MR) is 118 cm³/mol. The Morgan fingerprint density at radius 3 is 2.23 bits per heavy atom. The molecule has 3 fully saturated rings. The third kappa shape index (κ3) is 6.42. The fourth-order valence-electron chi connectivity index (χ4n) is 4.79. The molecule has 7 heteroatoms. The van der Waals surface area contributed by atoms with Gasteiger partial charge in [0.2, 0.25) is 5.91 Å². The van der Waals surface area contributed by atoms with E-state index in [-0.39, 0.29) is 29.8 Å². The number of piperidine rings is 1. The SMILES string of the molecule is O=C(NC1CCCCC1)NC1CCN(CC(=O)N(Cc2ccccc2F)C2CC2)CC1. The number of carbonyl (C=O) groups excluding carboxylic acids is 2. The fourth-order valence-corrected chi connectivity index (χ4v) is 4.79. The van der Waals surface area contributed by atoms with Gasteiger partial charge in [-0.25, -0.2) is 9.18 Å². The Kier molecular flexibility index (Phi) is 7.43. The quantitative estimate of drug-likeness (QED) is 0.697. The van der Waals surface area contributed by atoms with Gasteiger partial charge in [0.15, 0.2) is 0 Å². The van der Waals surface area contributed by atoms with E-state index in [2.05, 4.69) is 15.5 Å². The van der Waals surface area contributed by atoms with Crippen molar-refractivity contribution in [2.75, 3.05) is 19.6 Å². The number of carbonyl (C=O) groups is 2. The monoisotopic (exact) mass is 430 g/mol. The number of amides is 3. The molecule has 1 aromatic carbocycles. The first-order valence-electron chi connectivity index (χ1n) is 11.9. The van der Waals surface area contributed by atoms with Crippen molar-refractivity contribution >= 4 is 11.9 Å². The van der Waals surface area contributed by atoms with Crippen LogP contribution in [0.4, 0.5) is 9.18 Å². The lowest BCUT2D eigenvalue weighted by atomic mass is 9.96. The summed E-state index contributed by atoms with van der Waals surface area (Å²) in [6.45, 7) is 2.29. The lowest BCUT2D eigenvalue weighted by Gasteiger charge is -2.34. The van der Waals surface area contributed by atoms with Gasteiger partial charge >= 0.3 is 6.03 Å². The minimum Gasteiger partial charge on any atom is -0.335 e. The van der Waals surface area contributed by atoms with Gasteiger partial charge in [0.1, 0.15) is 5.82 Å². The molecule has 1 saturated heterocycles. The Bertz CT molecular complexity index is 756. The van der Waals surface area contributed by atoms with Crippen molar-refractivity contribution < 1.29 is 14.0 Å². The lowest BCUT2D eigenvalue weighted by Crippen LogP contribution is -2.51. The van der Waals surface area contributed by atoms with E-state index in [1.807, 2.05) is 11.0 Å². The van der Waals surface area contributed by atoms with E-state index in [9.17, 15) is 14.0 Å². The average Bonchev–Trinajstić information content (AvgIpc) is 3.60. The Hall–Kier alpha value is -2.15. The van der Waals surface area contributed by atoms with Crippen LogP contribution in [-0.2, 0) is 11.3 Å². The maximum absolute atomic E-state index is 14.1. The maximum Gasteiger partial charge on any atom is 0.315 e. The zero-order valence-corrected chi connectivity index (χ0v) is 18.3. The van der Waals surface area contributed by atoms with Crippen LogP contribution in [0.15, 0.2) is 24.3 Å². The molecule has 2 aliphatic carbocycles. The summed E-state index contributed by atoms with van der Waals surface area (Å²) in [5.41, 5.74) is 0.578. The summed E-state index contributed by atoms with van der Waals surface area (Å²) in [4.78, 5) is 29.3. The highest BCUT2D eigenvalue weighted by Gasteiger charge is 2.34. The largest absolute Gasteiger partial charge is 0.335 e. The third-order valence-electron chi connectivity index (χ3n) is 6.83. The Balaban J connectivity index is 1.21. The van der Waals surface area contributed by atoms with Crippen LogP contribution in [0.2, 0.25) is 0 Å². The summed E-state index contributed by atoms with van der Waals surface area (Å²) in [6.07, 6.45) is 9.54. The molecule has 0 unspecified atom stereocenters. The molecule has 1 aliphatic heterocycles. The van der Waals surface area contributed by atoms with E-state index in [0.29, 0.717) is 24.7 Å². The molecule has 0 bridgehead atoms. The number of hydrogen-bond donors (Lipinski definition) is 2. The Morgan fingerprint density at radius 2 is 1.58 bits per heavy atom. The predicted octanol–water partition coefficient (Wildman–Crippen LogP) is 3.41. The van der Waals surface area contributed by atoms with E-state index in [0.717, 1.165) is 51.6 Å². The number of hydrogen-bond acceptors (Lipinski definition) is 3. The van der Waals surface area contributed by atoms with E-state index < -0.39 is 0 Å². The zero-order valence-electron chi connectivity index (χ0n) is 18.3. The molecule has 0 spiro atoms. The number of rotatable bonds is 7. The van der Waals surface area contributed by atoms with E-state index in [4.69, 9.17) is 0 Å². The molecular formula is C24H35FN4O2. The zero-order chi connectivity index (χ0) is 21.6. The molecular weight excluding hydrogens is 395 g/mol. The minimum absolute atomic E-state index is 0.0498. The third-order valence-corrected chi connectivity index (χ3v) is 6.83. The second kappa shape index (κ2) is 10.4. The molecule has 0 radical (unpaired) electrons. The van der Waals surface area contributed by atoms with Gasteiger partial charge in [-0.3, -0.25) is 9.69 Å². The number of likely N-dealkylation sites (tertiary alicyclic amines) is 1. The van der Waals surface area contributed by atoms with E-state index >= 15 is 0 Å². The summed E-state index contributed by atoms with van der Waals surface area (Å²) in [6, 6.07) is 7.37. The Morgan fingerprint density at radius 1 is 0.935 bits per heavy atom. The molecule has 2 saturated carbocycles. The van der Waals surface area contributed by atoms with Crippen LogP contribution in [0, 0.1) is 5.82 Å². The van der Waals surface area contributed by atoms with Crippen molar-refractivity contribution in [3.63, 3.8) is 0 Å². The van der Waals surface area contributed by atoms with Crippen LogP contribution in [-0.4, -0.2) is 59.5 Å². The van der Waals surface area contributed by atoms with Crippen molar-refractivity contribution in [1.82, 2.24) is 20.4 Å². The second-order valence-electron chi connectivity index (χ2n) is 9.35. The topological polar surface area (TPSA) is 64.7 Å². The van der Waals surface area contributed by atoms with Crippen molar-refractivity contribution in [1.29, 1.82) is 0 Å². The van der Waals surface area contributed by atoms with Crippen LogP contribution >= 0.6 is 0 Å². The van der Waals surface area contributed by atoms with Gasteiger partial charge in [-0.2, -0.15) is 0 Å². The summed E-state index contributed by atoms with van der Waals surface area (Å²) in [5, 5.41) is 6.23. The van der Waals surface area contributed by atoms with Crippen molar-refractivity contribution in [2.24, 2.45) is 0 Å². The number of urea groups is 1. The van der Waals surface area contributed by atoms with Gasteiger partial charge in [-0.15, -0.1) is 0 Å². The molecule has 0 atom stereocenters. The molecule has 3 aliphatic rings. The summed E-state index contributed by atoms with van der Waals surface area (Å²) in [7, 11) is 0. The van der Waals surface area contributed by atoms with Crippen LogP contribution in [0.25, 0.3) is 0 Å². The summed E-state index contributed by atoms with van der Waals surface area (Å²) < 4.78 is 14.1. The molecule has 1 heterocycles. The summed E-state index contributed by atoms with van der Waals surface area (Å²) in [5.74, 6) is -0.174. The standard InChI is InChI=1S/C24H35FN4O2/c25-22-9-5-4-6-18(22)16-29(21-10-11-21)23(30)17-28-14-12-20(13-15-28)27-24(31)26-19-7-2-1-3-8-19/h4-6,9,19-21H,1-3,7-8,10-17H2,(H2,26,27,31). The molecule has 1 aromatic rings. The first kappa shape index (κ1) is 22.1. The number of halogens is 1. The minimum atomic E-state index is -0.251. The van der Waals surface area contributed by atoms with Crippen molar-refractivity contribution in [3.05, 3.63) is 35.6 Å². The van der Waals surface area contributed by atoms with Crippen molar-refractivity contribution in [2.45, 2.75) is 82.5 Å². The smallest absolute Gasteiger partial charge is 0.315 e. The highest BCUT2D eigenvalue weighted by atomic mass is 19.1. The van der Waals surface area contributed by atoms with Gasteiger partial charge in [0.05, 0.1) is 6.54 Å². The highest BCUT2D eigenvalue weighted by molar-refractivity contribution is 5.79. The van der Waals surface area contributed by atoms with Gasteiger partial charge in [0.25, 0.3) is 0 Å². The average molecular weight is 431 g/mol. The van der Waals surface area contributed by atoms with Gasteiger partial charge < -0.3 is 15.5 Å². The van der Waals surface area contributed by atoms with E-state index in [1.165, 1.54) is 25.3 Å². The molecule has 31 heavy (non-hydrogen) atoms. The van der Waals surface area contributed by atoms with Gasteiger partial charge in [-0.1, -0.05) is 37.5 Å². The first-order chi connectivity index (χ1) is 15.1. The van der Waals surface area contributed by atoms with Crippen LogP contribution in [0.3, 0.4) is 0 Å². The number of benzene rings is 1. The second-order valence-corrected chi connectivity index (χ2v) is 9.35. The molecule has 6 nitrogen and oxygen atoms in total. The number of nitrogens with one attached hydrogen (secondary N) is 2. The fraction of sp³-hybridized carbons (Fsp3) is 0.667. The molecule has 2 N–H and O–H groups in total. The van der Waals surface area contributed by atoms with Gasteiger partial charge in [-0.05, 0) is 44.6 Å². The van der Waals surface area contributed by atoms with Crippen LogP contribution in [0.1, 0.15) is 63.4 Å². The van der Waals surface area contributed by atoms with Gasteiger partial charge in [0, 0.05) is 43.3 Å². The molecule has 4 rings (SSSR count). The van der Waals surface area contributed by atoms with Crippen molar-refractivity contribution in [3.8, 4) is 0 Å². The Labute approximate surface area is 184 Å².